The van der Waals surface area contributed by atoms with Crippen molar-refractivity contribution in [1.29, 1.82) is 0 Å². The minimum atomic E-state index is 0.0918. The number of hydrogen-bond donors (Lipinski definition) is 2. The Morgan fingerprint density at radius 1 is 0.971 bits per heavy atom. The summed E-state index contributed by atoms with van der Waals surface area (Å²) >= 11 is 0. The average molecular weight is 465 g/mol. The maximum absolute atomic E-state index is 11.6. The molecule has 1 amide bonds. The number of anilines is 5. The van der Waals surface area contributed by atoms with Gasteiger partial charge in [-0.1, -0.05) is 0 Å². The van der Waals surface area contributed by atoms with E-state index in [0.29, 0.717) is 37.9 Å². The van der Waals surface area contributed by atoms with Crippen LogP contribution < -0.4 is 20.9 Å². The first-order valence-electron chi connectivity index (χ1n) is 11.3. The van der Waals surface area contributed by atoms with Gasteiger partial charge in [-0.3, -0.25) is 4.79 Å². The fourth-order valence-corrected chi connectivity index (χ4v) is 4.13. The molecule has 2 aliphatic rings. The summed E-state index contributed by atoms with van der Waals surface area (Å²) in [6.07, 6.45) is 1.49. The predicted molar refractivity (Wildman–Crippen MR) is 129 cm³/mol. The van der Waals surface area contributed by atoms with Gasteiger partial charge in [-0.25, -0.2) is 9.97 Å². The van der Waals surface area contributed by atoms with Crippen LogP contribution in [0.4, 0.5) is 29.1 Å². The van der Waals surface area contributed by atoms with Crippen molar-refractivity contribution in [3.8, 4) is 5.82 Å². The van der Waals surface area contributed by atoms with Crippen LogP contribution in [0.3, 0.4) is 0 Å². The number of ether oxygens (including phenoxy) is 1. The SMILES string of the molecule is CC(=O)N1CCN(c2cc(-n3nc(Nc4ccc(N5CCOCC5)cc4)nc3N)ncn2)CC1. The number of rotatable bonds is 5. The number of hydrogen-bond acceptors (Lipinski definition) is 10. The Labute approximate surface area is 197 Å². The molecule has 2 fully saturated rings. The average Bonchev–Trinajstić information content (AvgIpc) is 3.25. The highest BCUT2D eigenvalue weighted by molar-refractivity contribution is 5.73. The van der Waals surface area contributed by atoms with Gasteiger partial charge in [-0.05, 0) is 24.3 Å². The Bertz CT molecular complexity index is 1130. The van der Waals surface area contributed by atoms with Gasteiger partial charge in [0.25, 0.3) is 0 Å². The van der Waals surface area contributed by atoms with Gasteiger partial charge < -0.3 is 30.5 Å². The van der Waals surface area contributed by atoms with E-state index in [1.165, 1.54) is 11.0 Å². The van der Waals surface area contributed by atoms with Crippen molar-refractivity contribution in [3.05, 3.63) is 36.7 Å². The van der Waals surface area contributed by atoms with Crippen LogP contribution in [0.25, 0.3) is 5.82 Å². The Balaban J connectivity index is 1.27. The fourth-order valence-electron chi connectivity index (χ4n) is 4.13. The predicted octanol–water partition coefficient (Wildman–Crippen LogP) is 0.888. The maximum Gasteiger partial charge on any atom is 0.248 e. The number of nitrogens with one attached hydrogen (secondary N) is 1. The van der Waals surface area contributed by atoms with Crippen molar-refractivity contribution in [1.82, 2.24) is 29.6 Å². The van der Waals surface area contributed by atoms with Crippen LogP contribution in [0.1, 0.15) is 6.92 Å². The molecule has 2 aromatic heterocycles. The van der Waals surface area contributed by atoms with Gasteiger partial charge in [0.1, 0.15) is 12.1 Å². The molecule has 2 aliphatic heterocycles. The minimum Gasteiger partial charge on any atom is -0.378 e. The number of nitrogen functional groups attached to an aromatic ring is 1. The number of nitrogens with zero attached hydrogens (tertiary/aromatic N) is 8. The summed E-state index contributed by atoms with van der Waals surface area (Å²) in [7, 11) is 0. The van der Waals surface area contributed by atoms with Crippen LogP contribution in [-0.2, 0) is 9.53 Å². The van der Waals surface area contributed by atoms with Crippen molar-refractivity contribution in [2.24, 2.45) is 0 Å². The van der Waals surface area contributed by atoms with Crippen molar-refractivity contribution < 1.29 is 9.53 Å². The lowest BCUT2D eigenvalue weighted by atomic mass is 10.2. The molecule has 12 heteroatoms. The topological polar surface area (TPSA) is 131 Å². The van der Waals surface area contributed by atoms with Crippen LogP contribution >= 0.6 is 0 Å². The molecule has 2 saturated heterocycles. The zero-order valence-corrected chi connectivity index (χ0v) is 19.1. The van der Waals surface area contributed by atoms with Gasteiger partial charge in [0.05, 0.1) is 13.2 Å². The molecule has 0 saturated carbocycles. The number of piperazine rings is 1. The Hall–Kier alpha value is -3.93. The maximum atomic E-state index is 11.6. The molecule has 3 N–H and O–H groups in total. The molecule has 4 heterocycles. The standard InChI is InChI=1S/C22H28N10O2/c1-16(33)29-6-8-31(9-7-29)19-14-20(25-15-24-19)32-21(23)27-22(28-32)26-17-2-4-18(5-3-17)30-10-12-34-13-11-30/h2-5,14-15H,6-13H2,1H3,(H3,23,26,27,28). The van der Waals surface area contributed by atoms with Gasteiger partial charge in [-0.2, -0.15) is 9.67 Å². The van der Waals surface area contributed by atoms with Crippen molar-refractivity contribution >= 4 is 35.0 Å². The molecule has 1 aromatic carbocycles. The second-order valence-electron chi connectivity index (χ2n) is 8.20. The highest BCUT2D eigenvalue weighted by Crippen LogP contribution is 2.22. The first-order chi connectivity index (χ1) is 16.6. The highest BCUT2D eigenvalue weighted by Gasteiger charge is 2.21. The van der Waals surface area contributed by atoms with E-state index in [1.54, 1.807) is 6.92 Å². The van der Waals surface area contributed by atoms with E-state index in [2.05, 4.69) is 47.3 Å². The lowest BCUT2D eigenvalue weighted by Gasteiger charge is -2.34. The van der Waals surface area contributed by atoms with Crippen LogP contribution in [0.2, 0.25) is 0 Å². The lowest BCUT2D eigenvalue weighted by molar-refractivity contribution is -0.129. The van der Waals surface area contributed by atoms with Crippen LogP contribution in [-0.4, -0.2) is 88.0 Å². The van der Waals surface area contributed by atoms with E-state index in [0.717, 1.165) is 43.5 Å². The molecule has 0 bridgehead atoms. The van der Waals surface area contributed by atoms with Crippen molar-refractivity contribution in [3.63, 3.8) is 0 Å². The zero-order valence-electron chi connectivity index (χ0n) is 19.1. The van der Waals surface area contributed by atoms with E-state index in [4.69, 9.17) is 10.5 Å². The lowest BCUT2D eigenvalue weighted by Crippen LogP contribution is -2.48. The molecular formula is C22H28N10O2. The molecule has 0 aliphatic carbocycles. The van der Waals surface area contributed by atoms with Crippen LogP contribution in [0.5, 0.6) is 0 Å². The summed E-state index contributed by atoms with van der Waals surface area (Å²) in [6, 6.07) is 9.94. The molecule has 5 rings (SSSR count). The van der Waals surface area contributed by atoms with Crippen LogP contribution in [0, 0.1) is 0 Å². The number of carbonyl (C=O) groups is 1. The number of benzene rings is 1. The third-order valence-electron chi connectivity index (χ3n) is 6.04. The number of amides is 1. The summed E-state index contributed by atoms with van der Waals surface area (Å²) in [5, 5.41) is 7.69. The summed E-state index contributed by atoms with van der Waals surface area (Å²) in [5.41, 5.74) is 8.16. The van der Waals surface area contributed by atoms with Gasteiger partial charge in [0.15, 0.2) is 5.82 Å². The third-order valence-corrected chi connectivity index (χ3v) is 6.04. The van der Waals surface area contributed by atoms with E-state index in [-0.39, 0.29) is 11.9 Å². The summed E-state index contributed by atoms with van der Waals surface area (Å²) in [6.45, 7) is 7.62. The molecule has 34 heavy (non-hydrogen) atoms. The van der Waals surface area contributed by atoms with Crippen molar-refractivity contribution in [2.75, 3.05) is 73.3 Å². The van der Waals surface area contributed by atoms with Crippen LogP contribution in [0.15, 0.2) is 36.7 Å². The quantitative estimate of drug-likeness (QED) is 0.561. The largest absolute Gasteiger partial charge is 0.378 e. The van der Waals surface area contributed by atoms with E-state index >= 15 is 0 Å². The fraction of sp³-hybridized carbons (Fsp3) is 0.409. The molecular weight excluding hydrogens is 436 g/mol. The van der Waals surface area contributed by atoms with Gasteiger partial charge >= 0.3 is 0 Å². The summed E-state index contributed by atoms with van der Waals surface area (Å²) in [4.78, 5) is 30.9. The van der Waals surface area contributed by atoms with E-state index in [9.17, 15) is 4.79 Å². The Morgan fingerprint density at radius 2 is 1.68 bits per heavy atom. The minimum absolute atomic E-state index is 0.0918. The molecule has 0 radical (unpaired) electrons. The molecule has 0 unspecified atom stereocenters. The van der Waals surface area contributed by atoms with Crippen molar-refractivity contribution in [2.45, 2.75) is 6.92 Å². The second kappa shape index (κ2) is 9.51. The summed E-state index contributed by atoms with van der Waals surface area (Å²) < 4.78 is 6.91. The molecule has 3 aromatic rings. The van der Waals surface area contributed by atoms with E-state index in [1.807, 2.05) is 23.1 Å². The highest BCUT2D eigenvalue weighted by atomic mass is 16.5. The Kier molecular flexibility index (Phi) is 6.12. The number of carbonyl (C=O) groups excluding carboxylic acids is 1. The zero-order chi connectivity index (χ0) is 23.5. The summed E-state index contributed by atoms with van der Waals surface area (Å²) in [5.74, 6) is 1.98. The molecule has 0 spiro atoms. The molecule has 178 valence electrons. The second-order valence-corrected chi connectivity index (χ2v) is 8.20. The first kappa shape index (κ1) is 21.9. The number of nitrogens with two attached hydrogens (primary N) is 1. The van der Waals surface area contributed by atoms with E-state index < -0.39 is 0 Å². The smallest absolute Gasteiger partial charge is 0.248 e. The third kappa shape index (κ3) is 4.71. The molecule has 0 atom stereocenters. The Morgan fingerprint density at radius 3 is 2.38 bits per heavy atom. The normalized spacial score (nSPS) is 16.6. The van der Waals surface area contributed by atoms with Gasteiger partial charge in [0.2, 0.25) is 17.8 Å². The van der Waals surface area contributed by atoms with Gasteiger partial charge in [-0.15, -0.1) is 5.10 Å². The number of aromatic nitrogens is 5. The van der Waals surface area contributed by atoms with Gasteiger partial charge in [0, 0.05) is 63.6 Å². The first-order valence-corrected chi connectivity index (χ1v) is 11.3. The molecule has 12 nitrogen and oxygen atoms in total. The monoisotopic (exact) mass is 464 g/mol. The number of morpholine rings is 1.